The summed E-state index contributed by atoms with van der Waals surface area (Å²) in [6.45, 7) is 2.20. The minimum Gasteiger partial charge on any atom is -0.392 e. The van der Waals surface area contributed by atoms with Gasteiger partial charge in [0.05, 0.1) is 30.4 Å². The van der Waals surface area contributed by atoms with Crippen molar-refractivity contribution in [2.45, 2.75) is 70.1 Å². The molecule has 2 heterocycles. The Hall–Kier alpha value is -1.72. The van der Waals surface area contributed by atoms with Crippen LogP contribution in [0.5, 0.6) is 0 Å². The molecule has 6 atom stereocenters. The number of rotatable bonds is 4. The van der Waals surface area contributed by atoms with Gasteiger partial charge in [0.25, 0.3) is 0 Å². The molecule has 2 fully saturated rings. The van der Waals surface area contributed by atoms with Gasteiger partial charge in [-0.05, 0) is 68.3 Å². The van der Waals surface area contributed by atoms with Gasteiger partial charge in [0.2, 0.25) is 0 Å². The molecule has 2 aromatic rings. The first kappa shape index (κ1) is 18.3. The Morgan fingerprint density at radius 3 is 3.04 bits per heavy atom. The van der Waals surface area contributed by atoms with E-state index in [1.165, 1.54) is 18.9 Å². The van der Waals surface area contributed by atoms with Gasteiger partial charge in [0, 0.05) is 17.2 Å². The molecule has 150 valence electrons. The number of nitrogens with zero attached hydrogens (tertiary/aromatic N) is 2. The number of nitrogens with two attached hydrogens (primary N) is 1. The first-order valence-corrected chi connectivity index (χ1v) is 10.8. The molecule has 28 heavy (non-hydrogen) atoms. The molecular weight excluding hydrogens is 353 g/mol. The molecule has 3 N–H and O–H groups in total. The van der Waals surface area contributed by atoms with Gasteiger partial charge < -0.3 is 15.4 Å². The van der Waals surface area contributed by atoms with Crippen LogP contribution in [0.3, 0.4) is 0 Å². The summed E-state index contributed by atoms with van der Waals surface area (Å²) in [6, 6.07) is 5.30. The predicted molar refractivity (Wildman–Crippen MR) is 107 cm³/mol. The second kappa shape index (κ2) is 6.67. The van der Waals surface area contributed by atoms with Crippen molar-refractivity contribution in [2.24, 2.45) is 23.0 Å². The smallest absolute Gasteiger partial charge is 0.129 e. The lowest BCUT2D eigenvalue weighted by Crippen LogP contribution is -2.49. The van der Waals surface area contributed by atoms with E-state index in [9.17, 15) is 9.50 Å². The summed E-state index contributed by atoms with van der Waals surface area (Å²) in [5.41, 5.74) is 8.86. The molecule has 5 heteroatoms. The van der Waals surface area contributed by atoms with E-state index in [0.29, 0.717) is 23.8 Å². The van der Waals surface area contributed by atoms with Gasteiger partial charge in [-0.2, -0.15) is 0 Å². The summed E-state index contributed by atoms with van der Waals surface area (Å²) in [4.78, 5) is 4.28. The molecule has 0 amide bonds. The van der Waals surface area contributed by atoms with Gasteiger partial charge in [0.1, 0.15) is 5.82 Å². The zero-order valence-electron chi connectivity index (χ0n) is 16.5. The van der Waals surface area contributed by atoms with Gasteiger partial charge in [0.15, 0.2) is 0 Å². The topological polar surface area (TPSA) is 64.1 Å². The lowest BCUT2D eigenvalue weighted by Gasteiger charge is -2.51. The van der Waals surface area contributed by atoms with Crippen LogP contribution < -0.4 is 5.73 Å². The summed E-state index contributed by atoms with van der Waals surface area (Å²) in [6.07, 6.45) is 10.1. The number of aliphatic hydroxyl groups is 1. The first-order chi connectivity index (χ1) is 13.5. The standard InChI is InChI=1S/C23H30FN3O/c1-2-23(10-14-6-7-18(25)15(8-14)11-23)21(28)9-19-22-16(4-3-5-17(22)24)20-12-26-13-27(19)20/h3-5,12-15,18-19,21,28H,2,6-11,25H2,1H3. The Morgan fingerprint density at radius 2 is 2.21 bits per heavy atom. The maximum absolute atomic E-state index is 14.8. The number of benzene rings is 1. The van der Waals surface area contributed by atoms with Crippen molar-refractivity contribution < 1.29 is 9.50 Å². The molecule has 0 spiro atoms. The molecule has 4 nitrogen and oxygen atoms in total. The highest BCUT2D eigenvalue weighted by molar-refractivity contribution is 5.69. The quantitative estimate of drug-likeness (QED) is 0.828. The largest absolute Gasteiger partial charge is 0.392 e. The summed E-state index contributed by atoms with van der Waals surface area (Å²) in [5, 5.41) is 11.5. The van der Waals surface area contributed by atoms with E-state index in [4.69, 9.17) is 5.73 Å². The normalized spacial score (nSPS) is 34.7. The fraction of sp³-hybridized carbons (Fsp3) is 0.609. The van der Waals surface area contributed by atoms with Gasteiger partial charge >= 0.3 is 0 Å². The maximum Gasteiger partial charge on any atom is 0.129 e. The van der Waals surface area contributed by atoms with Crippen LogP contribution in [-0.4, -0.2) is 26.8 Å². The molecule has 1 aliphatic heterocycles. The predicted octanol–water partition coefficient (Wildman–Crippen LogP) is 4.28. The zero-order valence-corrected chi connectivity index (χ0v) is 16.5. The van der Waals surface area contributed by atoms with E-state index >= 15 is 0 Å². The van der Waals surface area contributed by atoms with E-state index in [1.54, 1.807) is 18.6 Å². The highest BCUT2D eigenvalue weighted by Gasteiger charge is 2.48. The molecule has 5 rings (SSSR count). The van der Waals surface area contributed by atoms with Crippen LogP contribution in [0.25, 0.3) is 11.3 Å². The minimum atomic E-state index is -0.473. The number of fused-ring (bicyclic) bond motifs is 5. The van der Waals surface area contributed by atoms with Gasteiger partial charge in [-0.3, -0.25) is 0 Å². The van der Waals surface area contributed by atoms with Crippen molar-refractivity contribution in [1.29, 1.82) is 0 Å². The van der Waals surface area contributed by atoms with Crippen LogP contribution in [0.15, 0.2) is 30.7 Å². The number of hydrogen-bond acceptors (Lipinski definition) is 3. The Kier molecular flexibility index (Phi) is 4.36. The van der Waals surface area contributed by atoms with Gasteiger partial charge in [-0.15, -0.1) is 0 Å². The van der Waals surface area contributed by atoms with Crippen LogP contribution in [0, 0.1) is 23.1 Å². The van der Waals surface area contributed by atoms with Gasteiger partial charge in [-0.25, -0.2) is 9.37 Å². The maximum atomic E-state index is 14.8. The van der Waals surface area contributed by atoms with Crippen molar-refractivity contribution in [3.63, 3.8) is 0 Å². The van der Waals surface area contributed by atoms with Crippen molar-refractivity contribution in [3.05, 3.63) is 42.1 Å². The molecular formula is C23H30FN3O. The summed E-state index contributed by atoms with van der Waals surface area (Å²) in [7, 11) is 0. The van der Waals surface area contributed by atoms with E-state index in [0.717, 1.165) is 36.9 Å². The third-order valence-corrected chi connectivity index (χ3v) is 8.04. The summed E-state index contributed by atoms with van der Waals surface area (Å²) in [5.74, 6) is 0.995. The molecule has 2 saturated carbocycles. The molecule has 6 unspecified atom stereocenters. The number of aliphatic hydroxyl groups excluding tert-OH is 1. The lowest BCUT2D eigenvalue weighted by molar-refractivity contribution is -0.0644. The average Bonchev–Trinajstić information content (AvgIpc) is 3.28. The van der Waals surface area contributed by atoms with Crippen molar-refractivity contribution in [3.8, 4) is 11.3 Å². The SMILES string of the molecule is CCC1(C(O)CC2c3c(F)cccc3-c3cncn32)CC2CCC(N)C(C2)C1. The number of aromatic nitrogens is 2. The first-order valence-electron chi connectivity index (χ1n) is 10.8. The van der Waals surface area contributed by atoms with Gasteiger partial charge in [-0.1, -0.05) is 19.1 Å². The van der Waals surface area contributed by atoms with Crippen LogP contribution in [0.4, 0.5) is 4.39 Å². The second-order valence-corrected chi connectivity index (χ2v) is 9.38. The van der Waals surface area contributed by atoms with Crippen molar-refractivity contribution in [1.82, 2.24) is 9.55 Å². The fourth-order valence-corrected chi connectivity index (χ4v) is 6.47. The molecule has 3 aliphatic rings. The zero-order chi connectivity index (χ0) is 19.5. The highest BCUT2D eigenvalue weighted by atomic mass is 19.1. The minimum absolute atomic E-state index is 0.111. The molecule has 0 radical (unpaired) electrons. The fourth-order valence-electron chi connectivity index (χ4n) is 6.47. The Morgan fingerprint density at radius 1 is 1.36 bits per heavy atom. The third kappa shape index (κ3) is 2.66. The number of imidazole rings is 1. The Bertz CT molecular complexity index is 880. The van der Waals surface area contributed by atoms with E-state index in [2.05, 4.69) is 11.9 Å². The van der Waals surface area contributed by atoms with Crippen LogP contribution >= 0.6 is 0 Å². The van der Waals surface area contributed by atoms with E-state index < -0.39 is 6.10 Å². The summed E-state index contributed by atoms with van der Waals surface area (Å²) >= 11 is 0. The van der Waals surface area contributed by atoms with Crippen LogP contribution in [-0.2, 0) is 0 Å². The second-order valence-electron chi connectivity index (χ2n) is 9.38. The molecule has 1 aromatic heterocycles. The number of hydrogen-bond donors (Lipinski definition) is 2. The van der Waals surface area contributed by atoms with E-state index in [-0.39, 0.29) is 23.3 Å². The van der Waals surface area contributed by atoms with E-state index in [1.807, 2.05) is 10.6 Å². The average molecular weight is 384 g/mol. The molecule has 2 aliphatic carbocycles. The monoisotopic (exact) mass is 383 g/mol. The highest BCUT2D eigenvalue weighted by Crippen LogP contribution is 2.54. The van der Waals surface area contributed by atoms with Crippen molar-refractivity contribution in [2.75, 3.05) is 0 Å². The summed E-state index contributed by atoms with van der Waals surface area (Å²) < 4.78 is 16.8. The number of halogens is 1. The third-order valence-electron chi connectivity index (χ3n) is 8.04. The Balaban J connectivity index is 1.46. The lowest BCUT2D eigenvalue weighted by atomic mass is 9.56. The molecule has 2 bridgehead atoms. The van der Waals surface area contributed by atoms with Crippen molar-refractivity contribution >= 4 is 0 Å². The molecule has 0 saturated heterocycles. The van der Waals surface area contributed by atoms with Crippen LogP contribution in [0.2, 0.25) is 0 Å². The Labute approximate surface area is 166 Å². The molecule has 1 aromatic carbocycles. The van der Waals surface area contributed by atoms with Crippen LogP contribution in [0.1, 0.15) is 63.5 Å².